The Balaban J connectivity index is 1.35. The number of ether oxygens (including phenoxy) is 1. The highest BCUT2D eigenvalue weighted by molar-refractivity contribution is 8.27. The molecule has 5 rings (SSSR count). The van der Waals surface area contributed by atoms with Crippen molar-refractivity contribution in [1.29, 1.82) is 5.41 Å². The lowest BCUT2D eigenvalue weighted by Crippen LogP contribution is -2.35. The number of benzene rings is 2. The minimum absolute atomic E-state index is 0.0749. The zero-order valence-electron chi connectivity index (χ0n) is 17.4. The number of thioether (sulfide) groups is 1. The molecule has 0 fully saturated rings. The average Bonchev–Trinajstić information content (AvgIpc) is 3.27. The number of pyridine rings is 1. The van der Waals surface area contributed by atoms with Crippen molar-refractivity contribution in [3.63, 3.8) is 0 Å². The Labute approximate surface area is 203 Å². The van der Waals surface area contributed by atoms with Gasteiger partial charge in [0.1, 0.15) is 23.2 Å². The Bertz CT molecular complexity index is 1390. The second-order valence-electron chi connectivity index (χ2n) is 7.27. The first-order valence-electron chi connectivity index (χ1n) is 10.1. The Morgan fingerprint density at radius 2 is 2.00 bits per heavy atom. The summed E-state index contributed by atoms with van der Waals surface area (Å²) in [6.07, 6.45) is 4.86. The predicted octanol–water partition coefficient (Wildman–Crippen LogP) is 5.12. The summed E-state index contributed by atoms with van der Waals surface area (Å²) < 4.78 is 18.8. The zero-order valence-corrected chi connectivity index (χ0v) is 19.0. The van der Waals surface area contributed by atoms with E-state index in [0.29, 0.717) is 26.5 Å². The number of fused-ring (bicyclic) bond motifs is 1. The fourth-order valence-electron chi connectivity index (χ4n) is 3.23. The molecule has 3 heterocycles. The molecule has 10 heteroatoms. The van der Waals surface area contributed by atoms with Crippen molar-refractivity contribution >= 4 is 51.4 Å². The minimum Gasteiger partial charge on any atom is -0.487 e. The lowest BCUT2D eigenvalue weighted by atomic mass is 10.1. The van der Waals surface area contributed by atoms with Crippen LogP contribution in [0.15, 0.2) is 82.7 Å². The van der Waals surface area contributed by atoms with Crippen molar-refractivity contribution in [3.05, 3.63) is 100 Å². The summed E-state index contributed by atoms with van der Waals surface area (Å²) in [5.41, 5.74) is 2.28. The van der Waals surface area contributed by atoms with Gasteiger partial charge in [-0.2, -0.15) is 15.1 Å². The highest BCUT2D eigenvalue weighted by Crippen LogP contribution is 2.32. The molecule has 3 aromatic rings. The SMILES string of the molecule is N=C1C(=Cc2ccc(OCc3ccc(F)cc3)c(Cl)c2)C(=O)N=C2SC(c3cccnc3)=NN12. The summed E-state index contributed by atoms with van der Waals surface area (Å²) in [5, 5.41) is 15.6. The third kappa shape index (κ3) is 4.48. The van der Waals surface area contributed by atoms with Gasteiger partial charge in [0, 0.05) is 18.0 Å². The molecular weight excluding hydrogens is 477 g/mol. The number of amidine groups is 2. The van der Waals surface area contributed by atoms with Crippen LogP contribution in [0.1, 0.15) is 16.7 Å². The van der Waals surface area contributed by atoms with Crippen molar-refractivity contribution in [2.24, 2.45) is 10.1 Å². The van der Waals surface area contributed by atoms with Gasteiger partial charge in [0.05, 0.1) is 10.6 Å². The molecule has 0 saturated heterocycles. The van der Waals surface area contributed by atoms with Crippen LogP contribution in [0.25, 0.3) is 6.08 Å². The summed E-state index contributed by atoms with van der Waals surface area (Å²) in [4.78, 5) is 20.8. The summed E-state index contributed by atoms with van der Waals surface area (Å²) in [6, 6.07) is 14.7. The Hall–Kier alpha value is -3.82. The monoisotopic (exact) mass is 491 g/mol. The number of carbonyl (C=O) groups excluding carboxylic acids is 1. The van der Waals surface area contributed by atoms with Crippen LogP contribution in [0.5, 0.6) is 5.75 Å². The van der Waals surface area contributed by atoms with E-state index in [0.717, 1.165) is 11.1 Å². The highest BCUT2D eigenvalue weighted by Gasteiger charge is 2.36. The standard InChI is InChI=1S/C24H15ClFN5O2S/c25-19-11-15(5-8-20(19)33-13-14-3-6-17(26)7-4-14)10-18-21(27)31-24(29-22(18)32)34-23(30-31)16-2-1-9-28-12-16/h1-12,27H,13H2. The van der Waals surface area contributed by atoms with Crippen LogP contribution in [0.2, 0.25) is 5.02 Å². The fraction of sp³-hybridized carbons (Fsp3) is 0.0417. The number of aromatic nitrogens is 1. The van der Waals surface area contributed by atoms with E-state index in [4.69, 9.17) is 21.7 Å². The van der Waals surface area contributed by atoms with Gasteiger partial charge < -0.3 is 4.74 Å². The number of nitrogens with zero attached hydrogens (tertiary/aromatic N) is 4. The van der Waals surface area contributed by atoms with E-state index in [1.54, 1.807) is 54.9 Å². The van der Waals surface area contributed by atoms with Crippen molar-refractivity contribution in [2.45, 2.75) is 6.61 Å². The Morgan fingerprint density at radius 1 is 1.18 bits per heavy atom. The molecule has 2 aliphatic rings. The molecule has 0 aliphatic carbocycles. The van der Waals surface area contributed by atoms with Gasteiger partial charge in [-0.05, 0) is 65.4 Å². The molecule has 34 heavy (non-hydrogen) atoms. The lowest BCUT2D eigenvalue weighted by molar-refractivity contribution is -0.114. The number of rotatable bonds is 5. The van der Waals surface area contributed by atoms with Gasteiger partial charge in [0.15, 0.2) is 5.84 Å². The molecule has 1 aromatic heterocycles. The molecule has 0 bridgehead atoms. The molecule has 0 radical (unpaired) electrons. The maximum Gasteiger partial charge on any atom is 0.283 e. The van der Waals surface area contributed by atoms with Gasteiger partial charge in [-0.3, -0.25) is 15.2 Å². The van der Waals surface area contributed by atoms with Crippen LogP contribution in [0.3, 0.4) is 0 Å². The molecule has 2 aromatic carbocycles. The number of hydrazone groups is 1. The summed E-state index contributed by atoms with van der Waals surface area (Å²) >= 11 is 7.58. The molecule has 0 atom stereocenters. The van der Waals surface area contributed by atoms with Gasteiger partial charge in [0.25, 0.3) is 5.91 Å². The first-order chi connectivity index (χ1) is 16.5. The average molecular weight is 492 g/mol. The van der Waals surface area contributed by atoms with Crippen LogP contribution >= 0.6 is 23.4 Å². The van der Waals surface area contributed by atoms with Crippen molar-refractivity contribution < 1.29 is 13.9 Å². The van der Waals surface area contributed by atoms with E-state index in [-0.39, 0.29) is 23.8 Å². The molecule has 2 aliphatic heterocycles. The van der Waals surface area contributed by atoms with E-state index < -0.39 is 5.91 Å². The van der Waals surface area contributed by atoms with Gasteiger partial charge >= 0.3 is 0 Å². The Morgan fingerprint density at radius 3 is 2.74 bits per heavy atom. The van der Waals surface area contributed by atoms with E-state index in [1.807, 2.05) is 6.07 Å². The predicted molar refractivity (Wildman–Crippen MR) is 131 cm³/mol. The topological polar surface area (TPSA) is 91.0 Å². The maximum absolute atomic E-state index is 13.0. The van der Waals surface area contributed by atoms with E-state index >= 15 is 0 Å². The molecule has 0 spiro atoms. The summed E-state index contributed by atoms with van der Waals surface area (Å²) in [7, 11) is 0. The van der Waals surface area contributed by atoms with Gasteiger partial charge in [-0.15, -0.1) is 0 Å². The zero-order chi connectivity index (χ0) is 23.7. The second kappa shape index (κ2) is 9.20. The largest absolute Gasteiger partial charge is 0.487 e. The van der Waals surface area contributed by atoms with Gasteiger partial charge in [-0.25, -0.2) is 4.39 Å². The van der Waals surface area contributed by atoms with Crippen LogP contribution in [-0.4, -0.2) is 31.9 Å². The number of halogens is 2. The fourth-order valence-corrected chi connectivity index (χ4v) is 4.36. The first-order valence-corrected chi connectivity index (χ1v) is 11.2. The number of carbonyl (C=O) groups is 1. The normalized spacial score (nSPS) is 16.4. The van der Waals surface area contributed by atoms with Crippen LogP contribution in [0.4, 0.5) is 4.39 Å². The molecule has 0 saturated carbocycles. The number of aliphatic imine (C=N–C) groups is 1. The van der Waals surface area contributed by atoms with E-state index in [9.17, 15) is 9.18 Å². The minimum atomic E-state index is -0.529. The third-order valence-electron chi connectivity index (χ3n) is 4.94. The van der Waals surface area contributed by atoms with Crippen LogP contribution < -0.4 is 4.74 Å². The Kier molecular flexibility index (Phi) is 5.95. The first kappa shape index (κ1) is 22.0. The maximum atomic E-state index is 13.0. The molecule has 7 nitrogen and oxygen atoms in total. The molecule has 1 N–H and O–H groups in total. The molecular formula is C24H15ClFN5O2S. The molecule has 1 amide bonds. The van der Waals surface area contributed by atoms with Gasteiger partial charge in [-0.1, -0.05) is 29.8 Å². The van der Waals surface area contributed by atoms with Crippen LogP contribution in [0, 0.1) is 11.2 Å². The molecule has 0 unspecified atom stereocenters. The quantitative estimate of drug-likeness (QED) is 0.500. The summed E-state index contributed by atoms with van der Waals surface area (Å²) in [5.74, 6) is -0.474. The second-order valence-corrected chi connectivity index (χ2v) is 8.64. The van der Waals surface area contributed by atoms with E-state index in [2.05, 4.69) is 15.1 Å². The number of nitrogens with one attached hydrogen (secondary N) is 1. The number of hydrogen-bond donors (Lipinski definition) is 1. The smallest absolute Gasteiger partial charge is 0.283 e. The number of amides is 1. The van der Waals surface area contributed by atoms with Crippen molar-refractivity contribution in [2.75, 3.05) is 0 Å². The van der Waals surface area contributed by atoms with Gasteiger partial charge in [0.2, 0.25) is 5.17 Å². The van der Waals surface area contributed by atoms with E-state index in [1.165, 1.54) is 28.9 Å². The highest BCUT2D eigenvalue weighted by atomic mass is 35.5. The van der Waals surface area contributed by atoms with Crippen molar-refractivity contribution in [3.8, 4) is 5.75 Å². The van der Waals surface area contributed by atoms with Crippen LogP contribution in [-0.2, 0) is 11.4 Å². The lowest BCUT2D eigenvalue weighted by Gasteiger charge is -2.20. The van der Waals surface area contributed by atoms with Crippen molar-refractivity contribution in [1.82, 2.24) is 9.99 Å². The summed E-state index contributed by atoms with van der Waals surface area (Å²) in [6.45, 7) is 0.227. The molecule has 168 valence electrons. The number of hydrogen-bond acceptors (Lipinski definition) is 6. The third-order valence-corrected chi connectivity index (χ3v) is 6.19.